The van der Waals surface area contributed by atoms with E-state index in [1.54, 1.807) is 0 Å². The van der Waals surface area contributed by atoms with E-state index in [0.717, 1.165) is 17.6 Å². The summed E-state index contributed by atoms with van der Waals surface area (Å²) in [5.74, 6) is 0. The zero-order valence-electron chi connectivity index (χ0n) is 10.3. The Morgan fingerprint density at radius 1 is 1.25 bits per heavy atom. The third kappa shape index (κ3) is 5.10. The largest absolute Gasteiger partial charge is 0.310 e. The monoisotopic (exact) mass is 284 g/mol. The second-order valence-electron chi connectivity index (χ2n) is 4.38. The lowest BCUT2D eigenvalue weighted by Crippen LogP contribution is -2.23. The van der Waals surface area contributed by atoms with E-state index in [2.05, 4.69) is 71.4 Å². The minimum absolute atomic E-state index is 0.426. The average Bonchev–Trinajstić information content (AvgIpc) is 2.25. The number of halogens is 1. The molecule has 1 N–H and O–H groups in total. The molecule has 0 bridgehead atoms. The zero-order valence-corrected chi connectivity index (χ0v) is 11.9. The molecule has 0 heterocycles. The van der Waals surface area contributed by atoms with Crippen molar-refractivity contribution in [2.75, 3.05) is 27.2 Å². The molecule has 1 rings (SSSR count). The Labute approximate surface area is 107 Å². The van der Waals surface area contributed by atoms with Crippen LogP contribution in [0.4, 0.5) is 0 Å². The highest BCUT2D eigenvalue weighted by Gasteiger charge is 2.03. The Morgan fingerprint density at radius 3 is 2.44 bits per heavy atom. The van der Waals surface area contributed by atoms with Crippen molar-refractivity contribution in [3.8, 4) is 0 Å². The lowest BCUT2D eigenvalue weighted by atomic mass is 10.1. The molecule has 0 aliphatic rings. The maximum Gasteiger partial charge on any atom is 0.0291 e. The van der Waals surface area contributed by atoms with E-state index in [1.165, 1.54) is 12.0 Å². The van der Waals surface area contributed by atoms with Crippen LogP contribution in [0.3, 0.4) is 0 Å². The number of nitrogens with zero attached hydrogens (tertiary/aromatic N) is 1. The van der Waals surface area contributed by atoms with Crippen molar-refractivity contribution in [1.29, 1.82) is 0 Å². The molecule has 0 spiro atoms. The molecule has 0 aromatic heterocycles. The van der Waals surface area contributed by atoms with Gasteiger partial charge in [0.05, 0.1) is 0 Å². The quantitative estimate of drug-likeness (QED) is 0.808. The molecule has 90 valence electrons. The van der Waals surface area contributed by atoms with E-state index in [-0.39, 0.29) is 0 Å². The van der Waals surface area contributed by atoms with E-state index in [9.17, 15) is 0 Å². The molecule has 0 amide bonds. The van der Waals surface area contributed by atoms with Crippen LogP contribution in [-0.2, 0) is 0 Å². The van der Waals surface area contributed by atoms with Crippen LogP contribution < -0.4 is 5.32 Å². The molecule has 0 fully saturated rings. The number of benzene rings is 1. The topological polar surface area (TPSA) is 15.3 Å². The number of hydrogen-bond donors (Lipinski definition) is 1. The van der Waals surface area contributed by atoms with Crippen molar-refractivity contribution in [2.24, 2.45) is 0 Å². The zero-order chi connectivity index (χ0) is 12.0. The van der Waals surface area contributed by atoms with Gasteiger partial charge in [0.2, 0.25) is 0 Å². The third-order valence-corrected chi connectivity index (χ3v) is 3.13. The van der Waals surface area contributed by atoms with Gasteiger partial charge in [-0.05, 0) is 58.2 Å². The molecule has 0 aliphatic carbocycles. The molecule has 16 heavy (non-hydrogen) atoms. The lowest BCUT2D eigenvalue weighted by molar-refractivity contribution is 0.389. The molecule has 0 saturated carbocycles. The highest BCUT2D eigenvalue weighted by molar-refractivity contribution is 9.10. The van der Waals surface area contributed by atoms with E-state index < -0.39 is 0 Å². The van der Waals surface area contributed by atoms with E-state index in [1.807, 2.05) is 0 Å². The molecule has 3 heteroatoms. The van der Waals surface area contributed by atoms with Crippen molar-refractivity contribution in [1.82, 2.24) is 10.2 Å². The maximum atomic E-state index is 3.53. The SMILES string of the molecule is CC(NCCCN(C)C)c1ccc(Br)cc1. The van der Waals surface area contributed by atoms with Crippen LogP contribution in [0.1, 0.15) is 24.9 Å². The van der Waals surface area contributed by atoms with E-state index in [0.29, 0.717) is 6.04 Å². The summed E-state index contributed by atoms with van der Waals surface area (Å²) in [5.41, 5.74) is 1.34. The van der Waals surface area contributed by atoms with Crippen molar-refractivity contribution in [3.05, 3.63) is 34.3 Å². The predicted molar refractivity (Wildman–Crippen MR) is 73.7 cm³/mol. The van der Waals surface area contributed by atoms with Gasteiger partial charge in [0.15, 0.2) is 0 Å². The fraction of sp³-hybridized carbons (Fsp3) is 0.538. The Morgan fingerprint density at radius 2 is 1.88 bits per heavy atom. The number of rotatable bonds is 6. The highest BCUT2D eigenvalue weighted by atomic mass is 79.9. The fourth-order valence-corrected chi connectivity index (χ4v) is 1.85. The van der Waals surface area contributed by atoms with Crippen LogP contribution >= 0.6 is 15.9 Å². The summed E-state index contributed by atoms with van der Waals surface area (Å²) in [5, 5.41) is 3.53. The maximum absolute atomic E-state index is 3.53. The summed E-state index contributed by atoms with van der Waals surface area (Å²) < 4.78 is 1.14. The summed E-state index contributed by atoms with van der Waals surface area (Å²) in [7, 11) is 4.22. The van der Waals surface area contributed by atoms with Gasteiger partial charge >= 0.3 is 0 Å². The smallest absolute Gasteiger partial charge is 0.0291 e. The van der Waals surface area contributed by atoms with Crippen LogP contribution in [0.5, 0.6) is 0 Å². The van der Waals surface area contributed by atoms with E-state index in [4.69, 9.17) is 0 Å². The molecular weight excluding hydrogens is 264 g/mol. The van der Waals surface area contributed by atoms with Gasteiger partial charge in [-0.2, -0.15) is 0 Å². The summed E-state index contributed by atoms with van der Waals surface area (Å²) in [4.78, 5) is 2.21. The van der Waals surface area contributed by atoms with Crippen molar-refractivity contribution >= 4 is 15.9 Å². The molecule has 0 radical (unpaired) electrons. The molecule has 1 atom stereocenters. The second-order valence-corrected chi connectivity index (χ2v) is 5.30. The Balaban J connectivity index is 2.29. The van der Waals surface area contributed by atoms with Crippen LogP contribution in [0.2, 0.25) is 0 Å². The first-order chi connectivity index (χ1) is 7.59. The molecule has 1 aromatic carbocycles. The van der Waals surface area contributed by atoms with Crippen molar-refractivity contribution in [3.63, 3.8) is 0 Å². The summed E-state index contributed by atoms with van der Waals surface area (Å²) in [6.45, 7) is 4.41. The van der Waals surface area contributed by atoms with Gasteiger partial charge in [-0.15, -0.1) is 0 Å². The number of hydrogen-bond acceptors (Lipinski definition) is 2. The Bertz CT molecular complexity index is 295. The predicted octanol–water partition coefficient (Wildman–Crippen LogP) is 3.05. The van der Waals surface area contributed by atoms with Gasteiger partial charge in [0.1, 0.15) is 0 Å². The van der Waals surface area contributed by atoms with Crippen molar-refractivity contribution < 1.29 is 0 Å². The van der Waals surface area contributed by atoms with Crippen LogP contribution in [0.15, 0.2) is 28.7 Å². The molecule has 1 aromatic rings. The molecular formula is C13H21BrN2. The highest BCUT2D eigenvalue weighted by Crippen LogP contribution is 2.16. The first-order valence-electron chi connectivity index (χ1n) is 5.73. The van der Waals surface area contributed by atoms with Gasteiger partial charge in [0, 0.05) is 10.5 Å². The molecule has 0 saturated heterocycles. The normalized spacial score (nSPS) is 13.1. The Hall–Kier alpha value is -0.380. The van der Waals surface area contributed by atoms with Gasteiger partial charge < -0.3 is 10.2 Å². The molecule has 0 aliphatic heterocycles. The van der Waals surface area contributed by atoms with Gasteiger partial charge in [-0.1, -0.05) is 28.1 Å². The molecule has 1 unspecified atom stereocenters. The molecule has 2 nitrogen and oxygen atoms in total. The van der Waals surface area contributed by atoms with E-state index >= 15 is 0 Å². The third-order valence-electron chi connectivity index (χ3n) is 2.60. The van der Waals surface area contributed by atoms with Gasteiger partial charge in [0.25, 0.3) is 0 Å². The van der Waals surface area contributed by atoms with Crippen LogP contribution in [-0.4, -0.2) is 32.1 Å². The first-order valence-corrected chi connectivity index (χ1v) is 6.52. The van der Waals surface area contributed by atoms with Crippen LogP contribution in [0.25, 0.3) is 0 Å². The minimum Gasteiger partial charge on any atom is -0.310 e. The summed E-state index contributed by atoms with van der Waals surface area (Å²) in [6.07, 6.45) is 1.19. The number of nitrogens with one attached hydrogen (secondary N) is 1. The first kappa shape index (κ1) is 13.7. The van der Waals surface area contributed by atoms with Gasteiger partial charge in [-0.25, -0.2) is 0 Å². The minimum atomic E-state index is 0.426. The summed E-state index contributed by atoms with van der Waals surface area (Å²) in [6, 6.07) is 8.93. The lowest BCUT2D eigenvalue weighted by Gasteiger charge is -2.15. The van der Waals surface area contributed by atoms with Crippen LogP contribution in [0, 0.1) is 0 Å². The second kappa shape index (κ2) is 7.05. The fourth-order valence-electron chi connectivity index (χ4n) is 1.58. The average molecular weight is 285 g/mol. The standard InChI is InChI=1S/C13H21BrN2/c1-11(15-9-4-10-16(2)3)12-5-7-13(14)8-6-12/h5-8,11,15H,4,9-10H2,1-3H3. The van der Waals surface area contributed by atoms with Crippen molar-refractivity contribution in [2.45, 2.75) is 19.4 Å². The Kier molecular flexibility index (Phi) is 6.03. The summed E-state index contributed by atoms with van der Waals surface area (Å²) >= 11 is 3.45. The van der Waals surface area contributed by atoms with Gasteiger partial charge in [-0.3, -0.25) is 0 Å².